The molecule has 4 nitrogen and oxygen atoms in total. The fourth-order valence-electron chi connectivity index (χ4n) is 3.60. The molecule has 1 fully saturated rings. The first-order valence-electron chi connectivity index (χ1n) is 7.37. The SMILES string of the molecule is CC1CCC(C)C(CN)(N(C)Cc2nccn2C)C1. The summed E-state index contributed by atoms with van der Waals surface area (Å²) in [6.07, 6.45) is 7.68. The molecule has 1 aliphatic carbocycles. The highest BCUT2D eigenvalue weighted by atomic mass is 15.2. The Morgan fingerprint density at radius 1 is 1.47 bits per heavy atom. The smallest absolute Gasteiger partial charge is 0.122 e. The predicted molar refractivity (Wildman–Crippen MR) is 78.6 cm³/mol. The lowest BCUT2D eigenvalue weighted by Gasteiger charge is -2.50. The highest BCUT2D eigenvalue weighted by molar-refractivity contribution is 5.01. The third-order valence-corrected chi connectivity index (χ3v) is 5.12. The summed E-state index contributed by atoms with van der Waals surface area (Å²) in [6, 6.07) is 0. The van der Waals surface area contributed by atoms with Gasteiger partial charge in [-0.05, 0) is 31.7 Å². The van der Waals surface area contributed by atoms with Gasteiger partial charge < -0.3 is 10.3 Å². The zero-order chi connectivity index (χ0) is 14.0. The molecule has 0 radical (unpaired) electrons. The molecule has 1 aromatic heterocycles. The molecule has 108 valence electrons. The monoisotopic (exact) mass is 264 g/mol. The zero-order valence-corrected chi connectivity index (χ0v) is 12.8. The Morgan fingerprint density at radius 3 is 2.79 bits per heavy atom. The average molecular weight is 264 g/mol. The molecule has 0 bridgehead atoms. The molecule has 0 saturated heterocycles. The Hall–Kier alpha value is -0.870. The molecule has 4 heteroatoms. The second-order valence-electron chi connectivity index (χ2n) is 6.41. The topological polar surface area (TPSA) is 47.1 Å². The summed E-state index contributed by atoms with van der Waals surface area (Å²) in [5.74, 6) is 2.53. The quantitative estimate of drug-likeness (QED) is 0.905. The molecule has 1 aromatic rings. The van der Waals surface area contributed by atoms with Gasteiger partial charge in [-0.2, -0.15) is 0 Å². The maximum atomic E-state index is 6.19. The van der Waals surface area contributed by atoms with Gasteiger partial charge in [-0.25, -0.2) is 4.98 Å². The van der Waals surface area contributed by atoms with Crippen molar-refractivity contribution in [3.05, 3.63) is 18.2 Å². The van der Waals surface area contributed by atoms with Crippen molar-refractivity contribution >= 4 is 0 Å². The van der Waals surface area contributed by atoms with Gasteiger partial charge in [-0.15, -0.1) is 0 Å². The van der Waals surface area contributed by atoms with E-state index in [-0.39, 0.29) is 5.54 Å². The molecule has 0 aliphatic heterocycles. The van der Waals surface area contributed by atoms with E-state index in [0.717, 1.165) is 24.8 Å². The first kappa shape index (κ1) is 14.5. The first-order chi connectivity index (χ1) is 8.99. The third-order valence-electron chi connectivity index (χ3n) is 5.12. The molecule has 1 heterocycles. The van der Waals surface area contributed by atoms with Crippen molar-refractivity contribution in [1.82, 2.24) is 14.5 Å². The standard InChI is InChI=1S/C15H28N4/c1-12-5-6-13(2)15(9-12,11-16)19(4)10-14-17-7-8-18(14)3/h7-8,12-13H,5-6,9-11,16H2,1-4H3. The first-order valence-corrected chi connectivity index (χ1v) is 7.37. The Labute approximate surface area is 117 Å². The Bertz CT molecular complexity index is 414. The van der Waals surface area contributed by atoms with Crippen molar-refractivity contribution < 1.29 is 0 Å². The van der Waals surface area contributed by atoms with Crippen LogP contribution in [0.4, 0.5) is 0 Å². The third kappa shape index (κ3) is 2.70. The van der Waals surface area contributed by atoms with Crippen LogP contribution < -0.4 is 5.73 Å². The van der Waals surface area contributed by atoms with Crippen molar-refractivity contribution in [2.75, 3.05) is 13.6 Å². The van der Waals surface area contributed by atoms with Crippen LogP contribution in [0, 0.1) is 11.8 Å². The van der Waals surface area contributed by atoms with E-state index in [1.807, 2.05) is 12.4 Å². The van der Waals surface area contributed by atoms with Crippen LogP contribution in [0.15, 0.2) is 12.4 Å². The maximum Gasteiger partial charge on any atom is 0.122 e. The molecule has 1 aliphatic rings. The molecule has 19 heavy (non-hydrogen) atoms. The summed E-state index contributed by atoms with van der Waals surface area (Å²) in [6.45, 7) is 6.32. The summed E-state index contributed by atoms with van der Waals surface area (Å²) < 4.78 is 2.09. The van der Waals surface area contributed by atoms with E-state index in [4.69, 9.17) is 5.73 Å². The van der Waals surface area contributed by atoms with Gasteiger partial charge in [0.1, 0.15) is 5.82 Å². The van der Waals surface area contributed by atoms with E-state index in [2.05, 4.69) is 42.4 Å². The molecule has 1 saturated carbocycles. The minimum absolute atomic E-state index is 0.129. The Morgan fingerprint density at radius 2 is 2.21 bits per heavy atom. The van der Waals surface area contributed by atoms with Crippen LogP contribution in [0.1, 0.15) is 38.9 Å². The van der Waals surface area contributed by atoms with E-state index in [1.54, 1.807) is 0 Å². The molecule has 3 atom stereocenters. The number of hydrogen-bond donors (Lipinski definition) is 1. The van der Waals surface area contributed by atoms with Gasteiger partial charge in [0.05, 0.1) is 6.54 Å². The van der Waals surface area contributed by atoms with Gasteiger partial charge >= 0.3 is 0 Å². The fourth-order valence-corrected chi connectivity index (χ4v) is 3.60. The van der Waals surface area contributed by atoms with E-state index in [0.29, 0.717) is 5.92 Å². The fraction of sp³-hybridized carbons (Fsp3) is 0.800. The van der Waals surface area contributed by atoms with Gasteiger partial charge in [0.2, 0.25) is 0 Å². The zero-order valence-electron chi connectivity index (χ0n) is 12.8. The van der Waals surface area contributed by atoms with Gasteiger partial charge in [-0.3, -0.25) is 4.90 Å². The second kappa shape index (κ2) is 5.63. The number of nitrogens with two attached hydrogens (primary N) is 1. The highest BCUT2D eigenvalue weighted by Gasteiger charge is 2.42. The number of nitrogens with zero attached hydrogens (tertiary/aromatic N) is 3. The van der Waals surface area contributed by atoms with Crippen LogP contribution in [0.2, 0.25) is 0 Å². The van der Waals surface area contributed by atoms with Crippen LogP contribution in [0.5, 0.6) is 0 Å². The van der Waals surface area contributed by atoms with Crippen LogP contribution in [0.3, 0.4) is 0 Å². The van der Waals surface area contributed by atoms with E-state index in [1.165, 1.54) is 19.3 Å². The van der Waals surface area contributed by atoms with Crippen LogP contribution >= 0.6 is 0 Å². The number of imidazole rings is 1. The van der Waals surface area contributed by atoms with E-state index < -0.39 is 0 Å². The van der Waals surface area contributed by atoms with Crippen LogP contribution in [-0.2, 0) is 13.6 Å². The van der Waals surface area contributed by atoms with Gasteiger partial charge in [0.15, 0.2) is 0 Å². The molecular weight excluding hydrogens is 236 g/mol. The van der Waals surface area contributed by atoms with Crippen LogP contribution in [-0.4, -0.2) is 33.6 Å². The minimum atomic E-state index is 0.129. The number of aryl methyl sites for hydroxylation is 1. The summed E-state index contributed by atoms with van der Waals surface area (Å²) in [5.41, 5.74) is 6.32. The molecule has 3 unspecified atom stereocenters. The molecular formula is C15H28N4. The van der Waals surface area contributed by atoms with Crippen molar-refractivity contribution in [3.63, 3.8) is 0 Å². The highest BCUT2D eigenvalue weighted by Crippen LogP contribution is 2.40. The summed E-state index contributed by atoms with van der Waals surface area (Å²) in [7, 11) is 4.26. The summed E-state index contributed by atoms with van der Waals surface area (Å²) >= 11 is 0. The lowest BCUT2D eigenvalue weighted by Crippen LogP contribution is -2.58. The summed E-state index contributed by atoms with van der Waals surface area (Å²) in [4.78, 5) is 6.88. The van der Waals surface area contributed by atoms with Gasteiger partial charge in [0.25, 0.3) is 0 Å². The largest absolute Gasteiger partial charge is 0.337 e. The van der Waals surface area contributed by atoms with Crippen molar-refractivity contribution in [2.45, 2.75) is 45.2 Å². The van der Waals surface area contributed by atoms with Crippen LogP contribution in [0.25, 0.3) is 0 Å². The number of rotatable bonds is 4. The molecule has 0 aromatic carbocycles. The van der Waals surface area contributed by atoms with Gasteiger partial charge in [-0.1, -0.05) is 20.3 Å². The van der Waals surface area contributed by atoms with Crippen molar-refractivity contribution in [2.24, 2.45) is 24.6 Å². The number of likely N-dealkylation sites (N-methyl/N-ethyl adjacent to an activating group) is 1. The number of aromatic nitrogens is 2. The number of hydrogen-bond acceptors (Lipinski definition) is 3. The predicted octanol–water partition coefficient (Wildman–Crippen LogP) is 2.01. The summed E-state index contributed by atoms with van der Waals surface area (Å²) in [5, 5.41) is 0. The van der Waals surface area contributed by atoms with Gasteiger partial charge in [0, 0.05) is 31.5 Å². The molecule has 2 rings (SSSR count). The molecule has 0 spiro atoms. The lowest BCUT2D eigenvalue weighted by atomic mass is 9.69. The average Bonchev–Trinajstić information content (AvgIpc) is 2.78. The Kier molecular flexibility index (Phi) is 4.31. The normalized spacial score (nSPS) is 31.9. The Balaban J connectivity index is 2.17. The molecule has 2 N–H and O–H groups in total. The lowest BCUT2D eigenvalue weighted by molar-refractivity contribution is 0.00708. The maximum absolute atomic E-state index is 6.19. The van der Waals surface area contributed by atoms with E-state index in [9.17, 15) is 0 Å². The minimum Gasteiger partial charge on any atom is -0.337 e. The second-order valence-corrected chi connectivity index (χ2v) is 6.41. The van der Waals surface area contributed by atoms with Crippen molar-refractivity contribution in [1.29, 1.82) is 0 Å². The van der Waals surface area contributed by atoms with E-state index >= 15 is 0 Å². The molecule has 0 amide bonds. The van der Waals surface area contributed by atoms with Crippen molar-refractivity contribution in [3.8, 4) is 0 Å².